The van der Waals surface area contributed by atoms with Gasteiger partial charge >= 0.3 is 5.82 Å². The summed E-state index contributed by atoms with van der Waals surface area (Å²) in [5, 5.41) is 33.2. The van der Waals surface area contributed by atoms with Crippen LogP contribution in [0.3, 0.4) is 0 Å². The number of ether oxygens (including phenoxy) is 1. The van der Waals surface area contributed by atoms with Crippen molar-refractivity contribution in [1.29, 1.82) is 0 Å². The van der Waals surface area contributed by atoms with Crippen molar-refractivity contribution >= 4 is 17.5 Å². The molecule has 0 spiro atoms. The van der Waals surface area contributed by atoms with Crippen molar-refractivity contribution < 1.29 is 33.7 Å². The Morgan fingerprint density at radius 2 is 1.95 bits per heavy atom. The zero-order valence-corrected chi connectivity index (χ0v) is 22.3. The van der Waals surface area contributed by atoms with Gasteiger partial charge in [-0.25, -0.2) is 11.4 Å². The highest BCUT2D eigenvalue weighted by Gasteiger charge is 2.47. The molecule has 0 aromatic carbocycles. The Morgan fingerprint density at radius 1 is 1.22 bits per heavy atom. The Hall–Kier alpha value is -1.94. The molecule has 37 heavy (non-hydrogen) atoms. The molecule has 2 aliphatic rings. The van der Waals surface area contributed by atoms with E-state index in [0.29, 0.717) is 36.9 Å². The number of amides is 1. The van der Waals surface area contributed by atoms with E-state index in [9.17, 15) is 24.9 Å². The van der Waals surface area contributed by atoms with Crippen molar-refractivity contribution in [2.75, 3.05) is 13.1 Å². The SMILES string of the molecule is [C-]#[N+]CCC[C@H]1CC[C@@H](C(=O)N[C@@H]([C@H]2O[C@H](C)[C@H](O)[C@@H](O)[C@H]2O)[C@H](C)Cl)N(Cc2oc(=O)oc2C)CC1. The van der Waals surface area contributed by atoms with Crippen LogP contribution >= 0.6 is 11.6 Å². The number of hydrogen-bond donors (Lipinski definition) is 4. The van der Waals surface area contributed by atoms with Gasteiger partial charge in [-0.05, 0) is 58.9 Å². The summed E-state index contributed by atoms with van der Waals surface area (Å²) < 4.78 is 16.0. The zero-order valence-electron chi connectivity index (χ0n) is 21.5. The summed E-state index contributed by atoms with van der Waals surface area (Å²) in [5.41, 5.74) is 0. The number of halogens is 1. The van der Waals surface area contributed by atoms with Crippen molar-refractivity contribution in [3.05, 3.63) is 33.6 Å². The first-order chi connectivity index (χ1) is 17.5. The maximum absolute atomic E-state index is 13.7. The third-order valence-corrected chi connectivity index (χ3v) is 7.80. The molecule has 3 rings (SSSR count). The van der Waals surface area contributed by atoms with Gasteiger partial charge in [0.15, 0.2) is 5.76 Å². The number of aliphatic hydroxyl groups is 3. The van der Waals surface area contributed by atoms with Crippen molar-refractivity contribution in [1.82, 2.24) is 10.2 Å². The fourth-order valence-electron chi connectivity index (χ4n) is 5.26. The molecule has 0 radical (unpaired) electrons. The van der Waals surface area contributed by atoms with Gasteiger partial charge in [-0.2, -0.15) is 0 Å². The van der Waals surface area contributed by atoms with Crippen LogP contribution in [0, 0.1) is 19.4 Å². The quantitative estimate of drug-likeness (QED) is 0.204. The van der Waals surface area contributed by atoms with Gasteiger partial charge in [0.05, 0.1) is 30.1 Å². The number of alkyl halides is 1. The van der Waals surface area contributed by atoms with E-state index in [1.54, 1.807) is 20.8 Å². The van der Waals surface area contributed by atoms with Crippen LogP contribution < -0.4 is 11.1 Å². The van der Waals surface area contributed by atoms with Crippen LogP contribution in [0.25, 0.3) is 4.85 Å². The molecule has 2 fully saturated rings. The first-order valence-corrected chi connectivity index (χ1v) is 13.3. The summed E-state index contributed by atoms with van der Waals surface area (Å²) in [4.78, 5) is 30.6. The smallest absolute Gasteiger partial charge is 0.396 e. The molecule has 208 valence electrons. The average Bonchev–Trinajstić information content (AvgIpc) is 3.03. The maximum atomic E-state index is 13.7. The molecule has 1 aromatic heterocycles. The number of rotatable bonds is 9. The molecule has 4 N–H and O–H groups in total. The van der Waals surface area contributed by atoms with Crippen LogP contribution in [0.4, 0.5) is 0 Å². The fraction of sp³-hybridized carbons (Fsp3) is 0.800. The van der Waals surface area contributed by atoms with Gasteiger partial charge in [0, 0.05) is 6.42 Å². The van der Waals surface area contributed by atoms with E-state index in [-0.39, 0.29) is 12.5 Å². The van der Waals surface area contributed by atoms with Crippen molar-refractivity contribution in [3.63, 3.8) is 0 Å². The van der Waals surface area contributed by atoms with Gasteiger partial charge in [0.25, 0.3) is 0 Å². The predicted molar refractivity (Wildman–Crippen MR) is 134 cm³/mol. The third kappa shape index (κ3) is 7.34. The topological polar surface area (TPSA) is 150 Å². The van der Waals surface area contributed by atoms with E-state index < -0.39 is 53.8 Å². The fourth-order valence-corrected chi connectivity index (χ4v) is 5.47. The molecular weight excluding hydrogens is 506 g/mol. The molecule has 3 heterocycles. The summed E-state index contributed by atoms with van der Waals surface area (Å²) in [7, 11) is 0. The second-order valence-corrected chi connectivity index (χ2v) is 10.9. The largest absolute Gasteiger partial charge is 0.519 e. The van der Waals surface area contributed by atoms with E-state index in [1.165, 1.54) is 0 Å². The highest BCUT2D eigenvalue weighted by Crippen LogP contribution is 2.29. The van der Waals surface area contributed by atoms with Crippen LogP contribution in [-0.2, 0) is 16.1 Å². The van der Waals surface area contributed by atoms with E-state index in [2.05, 4.69) is 10.2 Å². The second-order valence-electron chi connectivity index (χ2n) is 10.2. The van der Waals surface area contributed by atoms with E-state index in [1.807, 2.05) is 4.90 Å². The minimum Gasteiger partial charge on any atom is -0.396 e. The minimum atomic E-state index is -1.45. The molecule has 9 atom stereocenters. The van der Waals surface area contributed by atoms with Crippen LogP contribution in [0.2, 0.25) is 0 Å². The number of carbonyl (C=O) groups excluding carboxylic acids is 1. The number of aryl methyl sites for hydroxylation is 1. The number of likely N-dealkylation sites (tertiary alicyclic amines) is 1. The number of aliphatic hydroxyl groups excluding tert-OH is 3. The Bertz CT molecular complexity index is 991. The number of carbonyl (C=O) groups is 1. The molecule has 11 nitrogen and oxygen atoms in total. The molecule has 2 aliphatic heterocycles. The number of hydrogen-bond acceptors (Lipinski definition) is 9. The first kappa shape index (κ1) is 29.6. The Labute approximate surface area is 221 Å². The van der Waals surface area contributed by atoms with Crippen LogP contribution in [0.15, 0.2) is 13.6 Å². The lowest BCUT2D eigenvalue weighted by molar-refractivity contribution is -0.223. The highest BCUT2D eigenvalue weighted by molar-refractivity contribution is 6.21. The zero-order chi connectivity index (χ0) is 27.3. The Kier molecular flexibility index (Phi) is 10.6. The lowest BCUT2D eigenvalue weighted by atomic mass is 9.90. The molecule has 0 saturated carbocycles. The Morgan fingerprint density at radius 3 is 2.57 bits per heavy atom. The summed E-state index contributed by atoms with van der Waals surface area (Å²) in [5.74, 6) is -0.0622. The maximum Gasteiger partial charge on any atom is 0.519 e. The summed E-state index contributed by atoms with van der Waals surface area (Å²) in [6.07, 6.45) is -2.11. The molecule has 0 aliphatic carbocycles. The lowest BCUT2D eigenvalue weighted by Crippen LogP contribution is -2.65. The molecule has 1 amide bonds. The summed E-state index contributed by atoms with van der Waals surface area (Å²) >= 11 is 6.42. The Balaban J connectivity index is 1.80. The van der Waals surface area contributed by atoms with Gasteiger partial charge < -0.3 is 39.1 Å². The lowest BCUT2D eigenvalue weighted by Gasteiger charge is -2.44. The number of nitrogens with zero attached hydrogens (tertiary/aromatic N) is 2. The van der Waals surface area contributed by atoms with Crippen molar-refractivity contribution in [2.24, 2.45) is 5.92 Å². The standard InChI is InChI=1S/C25H38ClN3O8/c1-13(26)19(23-22(32)21(31)20(30)15(3)35-23)28-24(33)17-8-7-16(6-5-10-27-4)9-11-29(17)12-18-14(2)36-25(34)37-18/h13,15-17,19-23,30-32H,5-12H2,1-3H3,(H,28,33)/t13-,15+,16-,17-,19+,20-,21+,22+,23+/m0/s1. The monoisotopic (exact) mass is 543 g/mol. The molecule has 2 saturated heterocycles. The van der Waals surface area contributed by atoms with E-state index in [0.717, 1.165) is 25.7 Å². The van der Waals surface area contributed by atoms with Gasteiger partial charge in [0.1, 0.15) is 30.2 Å². The summed E-state index contributed by atoms with van der Waals surface area (Å²) in [6, 6.07) is -1.43. The predicted octanol–water partition coefficient (Wildman–Crippen LogP) is 1.19. The molecule has 0 unspecified atom stereocenters. The third-order valence-electron chi connectivity index (χ3n) is 7.53. The normalized spacial score (nSPS) is 32.8. The van der Waals surface area contributed by atoms with Crippen molar-refractivity contribution in [3.8, 4) is 0 Å². The highest BCUT2D eigenvalue weighted by atomic mass is 35.5. The van der Waals surface area contributed by atoms with Gasteiger partial charge in [-0.15, -0.1) is 11.6 Å². The van der Waals surface area contributed by atoms with E-state index in [4.69, 9.17) is 31.7 Å². The van der Waals surface area contributed by atoms with Gasteiger partial charge in [-0.1, -0.05) is 0 Å². The molecular formula is C25H38ClN3O8. The second kappa shape index (κ2) is 13.2. The van der Waals surface area contributed by atoms with Crippen molar-refractivity contribution in [2.45, 2.75) is 107 Å². The average molecular weight is 544 g/mol. The van der Waals surface area contributed by atoms with Crippen LogP contribution in [0.1, 0.15) is 57.5 Å². The van der Waals surface area contributed by atoms with Gasteiger partial charge in [0.2, 0.25) is 12.5 Å². The first-order valence-electron chi connectivity index (χ1n) is 12.8. The van der Waals surface area contributed by atoms with Gasteiger partial charge in [-0.3, -0.25) is 9.69 Å². The van der Waals surface area contributed by atoms with Crippen LogP contribution in [-0.4, -0.2) is 87.2 Å². The molecule has 12 heteroatoms. The minimum absolute atomic E-state index is 0.204. The molecule has 0 bridgehead atoms. The number of nitrogens with one attached hydrogen (secondary N) is 1. The molecule has 1 aromatic rings. The van der Waals surface area contributed by atoms with Crippen LogP contribution in [0.5, 0.6) is 0 Å². The van der Waals surface area contributed by atoms with E-state index >= 15 is 0 Å². The summed E-state index contributed by atoms with van der Waals surface area (Å²) in [6.45, 7) is 13.1.